The molecule has 0 unspecified atom stereocenters. The van der Waals surface area contributed by atoms with E-state index in [4.69, 9.17) is 11.6 Å². The van der Waals surface area contributed by atoms with E-state index in [-0.39, 0.29) is 0 Å². The topological polar surface area (TPSA) is 49.8 Å². The summed E-state index contributed by atoms with van der Waals surface area (Å²) in [5.41, 5.74) is 2.14. The van der Waals surface area contributed by atoms with Gasteiger partial charge in [0.1, 0.15) is 17.5 Å². The fourth-order valence-corrected chi connectivity index (χ4v) is 2.18. The zero-order valence-corrected chi connectivity index (χ0v) is 12.8. The van der Waals surface area contributed by atoms with Crippen LogP contribution in [0.25, 0.3) is 0 Å². The fourth-order valence-electron chi connectivity index (χ4n) is 1.97. The molecule has 0 spiro atoms. The van der Waals surface area contributed by atoms with Crippen LogP contribution in [0.15, 0.2) is 24.3 Å². The number of hydrogen-bond donors (Lipinski definition) is 2. The first-order valence-electron chi connectivity index (χ1n) is 6.67. The second-order valence-corrected chi connectivity index (χ2v) is 4.99. The van der Waals surface area contributed by atoms with Crippen LogP contribution in [0.1, 0.15) is 23.9 Å². The van der Waals surface area contributed by atoms with Crippen molar-refractivity contribution >= 4 is 23.2 Å². The first-order chi connectivity index (χ1) is 9.63. The zero-order chi connectivity index (χ0) is 14.5. The monoisotopic (exact) mass is 290 g/mol. The normalized spacial score (nSPS) is 10.4. The summed E-state index contributed by atoms with van der Waals surface area (Å²) in [7, 11) is 1.87. The lowest BCUT2D eigenvalue weighted by Gasteiger charge is -2.13. The van der Waals surface area contributed by atoms with Gasteiger partial charge in [0.05, 0.1) is 0 Å². The van der Waals surface area contributed by atoms with E-state index in [1.807, 2.05) is 45.2 Å². The van der Waals surface area contributed by atoms with Crippen LogP contribution in [-0.4, -0.2) is 17.0 Å². The number of aromatic nitrogens is 2. The molecular weight excluding hydrogens is 272 g/mol. The van der Waals surface area contributed by atoms with Gasteiger partial charge in [-0.1, -0.05) is 30.7 Å². The quantitative estimate of drug-likeness (QED) is 0.882. The average Bonchev–Trinajstić information content (AvgIpc) is 2.46. The third-order valence-corrected chi connectivity index (χ3v) is 3.33. The van der Waals surface area contributed by atoms with Crippen LogP contribution in [0.3, 0.4) is 0 Å². The van der Waals surface area contributed by atoms with Crippen LogP contribution in [0, 0.1) is 6.92 Å². The molecule has 2 aromatic rings. The van der Waals surface area contributed by atoms with E-state index in [1.165, 1.54) is 0 Å². The smallest absolute Gasteiger partial charge is 0.135 e. The number of anilines is 2. The summed E-state index contributed by atoms with van der Waals surface area (Å²) in [6.45, 7) is 4.74. The van der Waals surface area contributed by atoms with Gasteiger partial charge in [0.2, 0.25) is 0 Å². The third-order valence-electron chi connectivity index (χ3n) is 3.09. The molecule has 0 bridgehead atoms. The first-order valence-corrected chi connectivity index (χ1v) is 7.05. The Labute approximate surface area is 124 Å². The zero-order valence-electron chi connectivity index (χ0n) is 12.0. The molecule has 2 N–H and O–H groups in total. The fraction of sp³-hybridized carbons (Fsp3) is 0.333. The highest BCUT2D eigenvalue weighted by Crippen LogP contribution is 2.21. The number of aryl methyl sites for hydroxylation is 1. The Kier molecular flexibility index (Phi) is 4.79. The van der Waals surface area contributed by atoms with Gasteiger partial charge in [-0.05, 0) is 24.6 Å². The van der Waals surface area contributed by atoms with Crippen molar-refractivity contribution in [3.05, 3.63) is 46.2 Å². The lowest BCUT2D eigenvalue weighted by atomic mass is 10.2. The van der Waals surface area contributed by atoms with Crippen molar-refractivity contribution in [3.63, 3.8) is 0 Å². The Morgan fingerprint density at radius 1 is 1.20 bits per heavy atom. The molecule has 20 heavy (non-hydrogen) atoms. The molecule has 1 heterocycles. The third kappa shape index (κ3) is 3.39. The SMILES string of the molecule is CCc1nc(NC)c(C)c(NCc2cccc(Cl)c2)n1. The van der Waals surface area contributed by atoms with Crippen molar-refractivity contribution in [2.75, 3.05) is 17.7 Å². The second kappa shape index (κ2) is 6.57. The van der Waals surface area contributed by atoms with Gasteiger partial charge in [-0.2, -0.15) is 0 Å². The van der Waals surface area contributed by atoms with Gasteiger partial charge in [-0.15, -0.1) is 0 Å². The van der Waals surface area contributed by atoms with Crippen LogP contribution in [0.2, 0.25) is 5.02 Å². The predicted molar refractivity (Wildman–Crippen MR) is 84.5 cm³/mol. The van der Waals surface area contributed by atoms with Crippen LogP contribution >= 0.6 is 11.6 Å². The molecule has 2 rings (SSSR count). The first kappa shape index (κ1) is 14.6. The molecule has 0 aliphatic carbocycles. The minimum Gasteiger partial charge on any atom is -0.373 e. The minimum absolute atomic E-state index is 0.685. The summed E-state index contributed by atoms with van der Waals surface area (Å²) >= 11 is 5.99. The lowest BCUT2D eigenvalue weighted by molar-refractivity contribution is 0.924. The molecule has 0 fully saturated rings. The Morgan fingerprint density at radius 2 is 1.95 bits per heavy atom. The number of nitrogens with zero attached hydrogens (tertiary/aromatic N) is 2. The minimum atomic E-state index is 0.685. The van der Waals surface area contributed by atoms with Crippen LogP contribution < -0.4 is 10.6 Å². The molecule has 0 aliphatic rings. The molecule has 5 heteroatoms. The molecular formula is C15H19ClN4. The summed E-state index contributed by atoms with van der Waals surface area (Å²) in [5, 5.41) is 7.21. The molecule has 106 valence electrons. The van der Waals surface area contributed by atoms with E-state index in [1.54, 1.807) is 0 Å². The summed E-state index contributed by atoms with van der Waals surface area (Å²) in [6, 6.07) is 7.80. The molecule has 0 saturated carbocycles. The summed E-state index contributed by atoms with van der Waals surface area (Å²) < 4.78 is 0. The Morgan fingerprint density at radius 3 is 2.60 bits per heavy atom. The molecule has 1 aromatic carbocycles. The highest BCUT2D eigenvalue weighted by molar-refractivity contribution is 6.30. The van der Waals surface area contributed by atoms with E-state index < -0.39 is 0 Å². The van der Waals surface area contributed by atoms with E-state index in [0.717, 1.165) is 40.0 Å². The Hall–Kier alpha value is -1.81. The van der Waals surface area contributed by atoms with E-state index in [2.05, 4.69) is 20.6 Å². The standard InChI is InChI=1S/C15H19ClN4/c1-4-13-19-14(17-3)10(2)15(20-13)18-9-11-6-5-7-12(16)8-11/h5-8H,4,9H2,1-3H3,(H2,17,18,19,20). The van der Waals surface area contributed by atoms with Crippen molar-refractivity contribution in [1.29, 1.82) is 0 Å². The van der Waals surface area contributed by atoms with Crippen LogP contribution in [-0.2, 0) is 13.0 Å². The number of benzene rings is 1. The van der Waals surface area contributed by atoms with Gasteiger partial charge in [-0.25, -0.2) is 9.97 Å². The number of hydrogen-bond acceptors (Lipinski definition) is 4. The molecule has 1 aromatic heterocycles. The van der Waals surface area contributed by atoms with Gasteiger partial charge < -0.3 is 10.6 Å². The molecule has 0 saturated heterocycles. The predicted octanol–water partition coefficient (Wildman–Crippen LogP) is 3.65. The Bertz CT molecular complexity index is 598. The number of halogens is 1. The number of nitrogens with one attached hydrogen (secondary N) is 2. The van der Waals surface area contributed by atoms with E-state index in [9.17, 15) is 0 Å². The maximum absolute atomic E-state index is 5.99. The summed E-state index contributed by atoms with van der Waals surface area (Å²) in [6.07, 6.45) is 0.806. The largest absolute Gasteiger partial charge is 0.373 e. The maximum Gasteiger partial charge on any atom is 0.135 e. The highest BCUT2D eigenvalue weighted by atomic mass is 35.5. The van der Waals surface area contributed by atoms with E-state index in [0.29, 0.717) is 6.54 Å². The Balaban J connectivity index is 2.20. The van der Waals surface area contributed by atoms with Crippen molar-refractivity contribution < 1.29 is 0 Å². The average molecular weight is 291 g/mol. The van der Waals surface area contributed by atoms with Gasteiger partial charge in [0.25, 0.3) is 0 Å². The van der Waals surface area contributed by atoms with Gasteiger partial charge in [-0.3, -0.25) is 0 Å². The molecule has 0 radical (unpaired) electrons. The van der Waals surface area contributed by atoms with Gasteiger partial charge >= 0.3 is 0 Å². The molecule has 0 aliphatic heterocycles. The molecule has 0 atom stereocenters. The van der Waals surface area contributed by atoms with Crippen molar-refractivity contribution in [2.45, 2.75) is 26.8 Å². The van der Waals surface area contributed by atoms with Gasteiger partial charge in [0.15, 0.2) is 0 Å². The van der Waals surface area contributed by atoms with Crippen LogP contribution in [0.5, 0.6) is 0 Å². The lowest BCUT2D eigenvalue weighted by Crippen LogP contribution is -2.09. The van der Waals surface area contributed by atoms with Crippen LogP contribution in [0.4, 0.5) is 11.6 Å². The van der Waals surface area contributed by atoms with Gasteiger partial charge in [0, 0.05) is 30.6 Å². The number of rotatable bonds is 5. The van der Waals surface area contributed by atoms with Crippen molar-refractivity contribution in [3.8, 4) is 0 Å². The summed E-state index contributed by atoms with van der Waals surface area (Å²) in [4.78, 5) is 9.00. The van der Waals surface area contributed by atoms with E-state index >= 15 is 0 Å². The van der Waals surface area contributed by atoms with Crippen molar-refractivity contribution in [2.24, 2.45) is 0 Å². The van der Waals surface area contributed by atoms with Crippen molar-refractivity contribution in [1.82, 2.24) is 9.97 Å². The molecule has 0 amide bonds. The summed E-state index contributed by atoms with van der Waals surface area (Å²) in [5.74, 6) is 2.56. The second-order valence-electron chi connectivity index (χ2n) is 4.55. The maximum atomic E-state index is 5.99. The molecule has 4 nitrogen and oxygen atoms in total. The highest BCUT2D eigenvalue weighted by Gasteiger charge is 2.08.